The van der Waals surface area contributed by atoms with Crippen LogP contribution in [0.2, 0.25) is 0 Å². The maximum absolute atomic E-state index is 8.79. The number of hydrogen-bond donors (Lipinski definition) is 3. The minimum Gasteiger partial charge on any atom is -0.493 e. The van der Waals surface area contributed by atoms with E-state index in [0.717, 1.165) is 36.6 Å². The Morgan fingerprint density at radius 1 is 1.44 bits per heavy atom. The lowest BCUT2D eigenvalue weighted by Crippen LogP contribution is -2.64. The van der Waals surface area contributed by atoms with Crippen molar-refractivity contribution >= 4 is 11.7 Å². The van der Waals surface area contributed by atoms with Gasteiger partial charge in [0.15, 0.2) is 5.76 Å². The molecular formula is C19H25N5O3. The van der Waals surface area contributed by atoms with Crippen molar-refractivity contribution in [2.75, 3.05) is 20.7 Å². The summed E-state index contributed by atoms with van der Waals surface area (Å²) in [7, 11) is 3.92. The van der Waals surface area contributed by atoms with Crippen LogP contribution in [0.15, 0.2) is 46.1 Å². The second-order valence-electron chi connectivity index (χ2n) is 8.10. The van der Waals surface area contributed by atoms with Crippen LogP contribution >= 0.6 is 0 Å². The molecule has 6 atom stereocenters. The maximum atomic E-state index is 8.79. The Bertz CT molecular complexity index is 816. The number of piperidine rings is 1. The quantitative estimate of drug-likeness (QED) is 0.289. The molecule has 1 spiro atoms. The molecule has 8 heteroatoms. The highest BCUT2D eigenvalue weighted by Crippen LogP contribution is 2.66. The van der Waals surface area contributed by atoms with Gasteiger partial charge in [0.25, 0.3) is 5.96 Å². The molecule has 0 aromatic carbocycles. The van der Waals surface area contributed by atoms with Gasteiger partial charge in [-0.25, -0.2) is 5.43 Å². The first kappa shape index (κ1) is 16.7. The first-order valence-corrected chi connectivity index (χ1v) is 9.42. The molecule has 0 amide bonds. The van der Waals surface area contributed by atoms with Gasteiger partial charge in [0, 0.05) is 23.3 Å². The Hall–Kier alpha value is -2.48. The number of rotatable bonds is 2. The number of nitrogens with zero attached hydrogens (tertiary/aromatic N) is 3. The number of hydrazone groups is 1. The second kappa shape index (κ2) is 5.76. The van der Waals surface area contributed by atoms with Gasteiger partial charge in [0.2, 0.25) is 0 Å². The van der Waals surface area contributed by atoms with Crippen LogP contribution in [0.3, 0.4) is 0 Å². The number of oxime groups is 1. The summed E-state index contributed by atoms with van der Waals surface area (Å²) in [5.74, 6) is 2.79. The van der Waals surface area contributed by atoms with E-state index >= 15 is 0 Å². The largest absolute Gasteiger partial charge is 0.493 e. The third-order valence-electron chi connectivity index (χ3n) is 7.14. The molecular weight excluding hydrogens is 346 g/mol. The molecule has 2 bridgehead atoms. The molecule has 5 rings (SSSR count). The normalized spacial score (nSPS) is 43.6. The van der Waals surface area contributed by atoms with E-state index in [2.05, 4.69) is 45.9 Å². The predicted octanol–water partition coefficient (Wildman–Crippen LogP) is 0.975. The topological polar surface area (TPSA) is 105 Å². The Kier molecular flexibility index (Phi) is 3.56. The van der Waals surface area contributed by atoms with Crippen LogP contribution < -0.4 is 11.2 Å². The van der Waals surface area contributed by atoms with E-state index in [0.29, 0.717) is 23.8 Å². The summed E-state index contributed by atoms with van der Waals surface area (Å²) >= 11 is 0. The molecule has 2 aliphatic heterocycles. The molecule has 1 saturated carbocycles. The summed E-state index contributed by atoms with van der Waals surface area (Å²) in [4.78, 5) is 2.49. The van der Waals surface area contributed by atoms with Gasteiger partial charge in [0.05, 0.1) is 7.11 Å². The highest BCUT2D eigenvalue weighted by molar-refractivity contribution is 6.01. The summed E-state index contributed by atoms with van der Waals surface area (Å²) in [6, 6.07) is 0.494. The van der Waals surface area contributed by atoms with Gasteiger partial charge in [-0.15, -0.1) is 0 Å². The average molecular weight is 371 g/mol. The van der Waals surface area contributed by atoms with Crippen molar-refractivity contribution in [3.05, 3.63) is 35.8 Å². The molecule has 5 aliphatic rings. The Balaban J connectivity index is 1.65. The fourth-order valence-corrected chi connectivity index (χ4v) is 6.09. The van der Waals surface area contributed by atoms with Crippen LogP contribution in [-0.4, -0.2) is 54.6 Å². The predicted molar refractivity (Wildman–Crippen MR) is 99.7 cm³/mol. The number of allylic oxidation sites excluding steroid dienone is 3. The van der Waals surface area contributed by atoms with Crippen molar-refractivity contribution in [1.29, 1.82) is 0 Å². The number of guanidine groups is 1. The Labute approximate surface area is 158 Å². The number of likely N-dealkylation sites (tertiary alicyclic amines) is 1. The minimum atomic E-state index is -0.171. The molecule has 27 heavy (non-hydrogen) atoms. The average Bonchev–Trinajstić information content (AvgIpc) is 3.04. The van der Waals surface area contributed by atoms with Gasteiger partial charge < -0.3 is 25.3 Å². The van der Waals surface area contributed by atoms with E-state index in [1.165, 1.54) is 0 Å². The lowest BCUT2D eigenvalue weighted by atomic mass is 9.48. The highest BCUT2D eigenvalue weighted by atomic mass is 16.5. The van der Waals surface area contributed by atoms with Gasteiger partial charge >= 0.3 is 0 Å². The fourth-order valence-electron chi connectivity index (χ4n) is 6.09. The number of ether oxygens (including phenoxy) is 2. The number of hydrogen-bond acceptors (Lipinski definition) is 6. The molecule has 4 N–H and O–H groups in total. The zero-order valence-corrected chi connectivity index (χ0v) is 15.5. The molecule has 2 saturated heterocycles. The van der Waals surface area contributed by atoms with Crippen molar-refractivity contribution in [3.63, 3.8) is 0 Å². The number of nitrogens with one attached hydrogen (secondary N) is 1. The second-order valence-corrected chi connectivity index (χ2v) is 8.10. The van der Waals surface area contributed by atoms with Crippen molar-refractivity contribution in [3.8, 4) is 0 Å². The van der Waals surface area contributed by atoms with Crippen molar-refractivity contribution in [1.82, 2.24) is 10.3 Å². The van der Waals surface area contributed by atoms with Crippen molar-refractivity contribution in [2.45, 2.75) is 25.0 Å². The number of nitrogens with two attached hydrogens (primary N) is 1. The summed E-state index contributed by atoms with van der Waals surface area (Å²) in [6.07, 6.45) is 10.7. The smallest absolute Gasteiger partial charge is 0.251 e. The van der Waals surface area contributed by atoms with Crippen LogP contribution in [0.5, 0.6) is 0 Å². The first-order chi connectivity index (χ1) is 13.1. The van der Waals surface area contributed by atoms with Crippen LogP contribution in [-0.2, 0) is 9.47 Å². The van der Waals surface area contributed by atoms with Gasteiger partial charge in [-0.3, -0.25) is 0 Å². The summed E-state index contributed by atoms with van der Waals surface area (Å²) in [5.41, 5.74) is 8.88. The molecule has 0 aromatic rings. The summed E-state index contributed by atoms with van der Waals surface area (Å²) in [5, 5.41) is 16.1. The molecule has 3 aliphatic carbocycles. The van der Waals surface area contributed by atoms with E-state index in [1.54, 1.807) is 7.11 Å². The van der Waals surface area contributed by atoms with Crippen LogP contribution in [0.25, 0.3) is 0 Å². The standard InChI is InChI=1S/C19H25N5O3/c1-24-8-7-19-11-4-5-12(21-22-18(20)23-25)17(19)27-16-14(26-2)6-3-10(15(16)19)9-13(11)24/h3-6,10-11,13,15,17,25H,7-9H2,1-2H3,(H3,20,22,23)/t10?,11-,13+,15?,17-,19-/m0/s1. The van der Waals surface area contributed by atoms with Gasteiger partial charge in [-0.05, 0) is 49.7 Å². The zero-order valence-electron chi connectivity index (χ0n) is 15.5. The lowest BCUT2D eigenvalue weighted by molar-refractivity contribution is -0.0758. The Morgan fingerprint density at radius 2 is 2.30 bits per heavy atom. The van der Waals surface area contributed by atoms with Gasteiger partial charge in [-0.2, -0.15) is 5.10 Å². The molecule has 2 heterocycles. The van der Waals surface area contributed by atoms with Crippen molar-refractivity contribution in [2.24, 2.45) is 39.2 Å². The third-order valence-corrected chi connectivity index (χ3v) is 7.14. The Morgan fingerprint density at radius 3 is 3.07 bits per heavy atom. The summed E-state index contributed by atoms with van der Waals surface area (Å²) in [6.45, 7) is 1.04. The summed E-state index contributed by atoms with van der Waals surface area (Å²) < 4.78 is 12.2. The zero-order chi connectivity index (χ0) is 18.8. The van der Waals surface area contributed by atoms with E-state index in [4.69, 9.17) is 20.4 Å². The van der Waals surface area contributed by atoms with Gasteiger partial charge in [0.1, 0.15) is 17.6 Å². The van der Waals surface area contributed by atoms with Crippen molar-refractivity contribution < 1.29 is 14.7 Å². The SMILES string of the molecule is COC1=C2O[C@H]3C(=NNC(N)=NO)C=C[C@H]4[C@H]5CC(C=C1)C2[C@@]34CCN5C. The third kappa shape index (κ3) is 2.07. The van der Waals surface area contributed by atoms with Crippen LogP contribution in [0, 0.1) is 23.2 Å². The van der Waals surface area contributed by atoms with E-state index in [-0.39, 0.29) is 17.5 Å². The highest BCUT2D eigenvalue weighted by Gasteiger charge is 2.69. The molecule has 144 valence electrons. The monoisotopic (exact) mass is 371 g/mol. The fraction of sp³-hybridized carbons (Fsp3) is 0.579. The van der Waals surface area contributed by atoms with E-state index in [9.17, 15) is 0 Å². The van der Waals surface area contributed by atoms with Crippen LogP contribution in [0.4, 0.5) is 0 Å². The first-order valence-electron chi connectivity index (χ1n) is 9.42. The van der Waals surface area contributed by atoms with Gasteiger partial charge in [-0.1, -0.05) is 12.2 Å². The molecule has 0 radical (unpaired) electrons. The number of methoxy groups -OCH3 is 1. The minimum absolute atomic E-state index is 0.0374. The van der Waals surface area contributed by atoms with Crippen LogP contribution in [0.1, 0.15) is 12.8 Å². The van der Waals surface area contributed by atoms with E-state index in [1.807, 2.05) is 6.08 Å². The van der Waals surface area contributed by atoms with E-state index < -0.39 is 0 Å². The molecule has 0 aromatic heterocycles. The maximum Gasteiger partial charge on any atom is 0.251 e. The lowest BCUT2D eigenvalue weighted by Gasteiger charge is -2.59. The molecule has 8 nitrogen and oxygen atoms in total. The molecule has 2 unspecified atom stereocenters. The molecule has 3 fully saturated rings.